The van der Waals surface area contributed by atoms with Gasteiger partial charge in [-0.05, 0) is 48.9 Å². The largest absolute Gasteiger partial charge is 0.310 e. The number of rotatable bonds is 8. The topological polar surface area (TPSA) is 15.3 Å². The van der Waals surface area contributed by atoms with Gasteiger partial charge in [-0.25, -0.2) is 0 Å². The molecule has 0 aromatic heterocycles. The van der Waals surface area contributed by atoms with Crippen molar-refractivity contribution in [1.82, 2.24) is 10.2 Å². The van der Waals surface area contributed by atoms with Crippen LogP contribution in [0.1, 0.15) is 38.8 Å². The summed E-state index contributed by atoms with van der Waals surface area (Å²) in [6.45, 7) is 11.1. The van der Waals surface area contributed by atoms with Crippen molar-refractivity contribution >= 4 is 10.8 Å². The summed E-state index contributed by atoms with van der Waals surface area (Å²) in [5, 5.41) is 6.38. The summed E-state index contributed by atoms with van der Waals surface area (Å²) in [5.41, 5.74) is 1.43. The lowest BCUT2D eigenvalue weighted by Gasteiger charge is -2.24. The lowest BCUT2D eigenvalue weighted by Crippen LogP contribution is -2.29. The van der Waals surface area contributed by atoms with Crippen LogP contribution in [0.4, 0.5) is 0 Å². The SMILES string of the molecule is CCNC(CCN(CC)CC)c1cccc2ccccc12. The first-order chi connectivity index (χ1) is 10.3. The molecular formula is C19H28N2. The molecule has 0 saturated heterocycles. The summed E-state index contributed by atoms with van der Waals surface area (Å²) in [6, 6.07) is 15.8. The molecule has 114 valence electrons. The van der Waals surface area contributed by atoms with E-state index in [0.717, 1.165) is 32.6 Å². The van der Waals surface area contributed by atoms with Gasteiger partial charge in [-0.2, -0.15) is 0 Å². The summed E-state index contributed by atoms with van der Waals surface area (Å²) in [5.74, 6) is 0. The molecule has 0 radical (unpaired) electrons. The van der Waals surface area contributed by atoms with Crippen LogP contribution in [0.25, 0.3) is 10.8 Å². The number of benzene rings is 2. The second kappa shape index (κ2) is 8.16. The molecule has 0 aliphatic carbocycles. The van der Waals surface area contributed by atoms with Crippen LogP contribution < -0.4 is 5.32 Å². The molecular weight excluding hydrogens is 256 g/mol. The van der Waals surface area contributed by atoms with Gasteiger partial charge in [-0.1, -0.05) is 63.2 Å². The van der Waals surface area contributed by atoms with Gasteiger partial charge in [-0.15, -0.1) is 0 Å². The lowest BCUT2D eigenvalue weighted by molar-refractivity contribution is 0.283. The Morgan fingerprint density at radius 3 is 2.38 bits per heavy atom. The summed E-state index contributed by atoms with van der Waals surface area (Å²) in [6.07, 6.45) is 1.16. The van der Waals surface area contributed by atoms with Crippen molar-refractivity contribution in [2.24, 2.45) is 0 Å². The Balaban J connectivity index is 2.23. The molecule has 2 aromatic carbocycles. The summed E-state index contributed by atoms with van der Waals surface area (Å²) < 4.78 is 0. The quantitative estimate of drug-likeness (QED) is 0.780. The molecule has 2 aromatic rings. The maximum absolute atomic E-state index is 3.67. The van der Waals surface area contributed by atoms with Gasteiger partial charge in [0, 0.05) is 6.04 Å². The van der Waals surface area contributed by atoms with Crippen molar-refractivity contribution in [1.29, 1.82) is 0 Å². The zero-order valence-corrected chi connectivity index (χ0v) is 13.6. The number of nitrogens with zero attached hydrogens (tertiary/aromatic N) is 1. The van der Waals surface area contributed by atoms with E-state index in [1.165, 1.54) is 16.3 Å². The minimum atomic E-state index is 0.432. The predicted molar refractivity (Wildman–Crippen MR) is 92.8 cm³/mol. The Kier molecular flexibility index (Phi) is 6.21. The summed E-state index contributed by atoms with van der Waals surface area (Å²) in [4.78, 5) is 2.50. The Bertz CT molecular complexity index is 541. The van der Waals surface area contributed by atoms with Crippen LogP contribution in [0.3, 0.4) is 0 Å². The fraction of sp³-hybridized carbons (Fsp3) is 0.474. The highest BCUT2D eigenvalue weighted by Crippen LogP contribution is 2.26. The maximum atomic E-state index is 3.67. The monoisotopic (exact) mass is 284 g/mol. The van der Waals surface area contributed by atoms with E-state index in [-0.39, 0.29) is 0 Å². The highest BCUT2D eigenvalue weighted by molar-refractivity contribution is 5.86. The number of fused-ring (bicyclic) bond motifs is 1. The van der Waals surface area contributed by atoms with Crippen LogP contribution in [-0.2, 0) is 0 Å². The van der Waals surface area contributed by atoms with Crippen molar-refractivity contribution in [3.8, 4) is 0 Å². The zero-order valence-electron chi connectivity index (χ0n) is 13.6. The van der Waals surface area contributed by atoms with Gasteiger partial charge in [0.05, 0.1) is 0 Å². The van der Waals surface area contributed by atoms with E-state index in [2.05, 4.69) is 73.5 Å². The van der Waals surface area contributed by atoms with E-state index in [4.69, 9.17) is 0 Å². The molecule has 1 unspecified atom stereocenters. The fourth-order valence-corrected chi connectivity index (χ4v) is 3.02. The first-order valence-electron chi connectivity index (χ1n) is 8.23. The van der Waals surface area contributed by atoms with Crippen molar-refractivity contribution < 1.29 is 0 Å². The molecule has 21 heavy (non-hydrogen) atoms. The van der Waals surface area contributed by atoms with E-state index in [0.29, 0.717) is 6.04 Å². The van der Waals surface area contributed by atoms with Gasteiger partial charge in [0.15, 0.2) is 0 Å². The average molecular weight is 284 g/mol. The van der Waals surface area contributed by atoms with Crippen LogP contribution in [0.5, 0.6) is 0 Å². The Morgan fingerprint density at radius 1 is 0.952 bits per heavy atom. The van der Waals surface area contributed by atoms with Crippen molar-refractivity contribution in [2.75, 3.05) is 26.2 Å². The van der Waals surface area contributed by atoms with Gasteiger partial charge in [-0.3, -0.25) is 0 Å². The Morgan fingerprint density at radius 2 is 1.67 bits per heavy atom. The van der Waals surface area contributed by atoms with Crippen LogP contribution >= 0.6 is 0 Å². The van der Waals surface area contributed by atoms with Crippen LogP contribution in [0.15, 0.2) is 42.5 Å². The highest BCUT2D eigenvalue weighted by Gasteiger charge is 2.14. The highest BCUT2D eigenvalue weighted by atomic mass is 15.1. The molecule has 0 aliphatic heterocycles. The molecule has 1 N–H and O–H groups in total. The minimum Gasteiger partial charge on any atom is -0.310 e. The van der Waals surface area contributed by atoms with Gasteiger partial charge >= 0.3 is 0 Å². The van der Waals surface area contributed by atoms with Gasteiger partial charge in [0.1, 0.15) is 0 Å². The second-order valence-corrected chi connectivity index (χ2v) is 5.49. The number of nitrogens with one attached hydrogen (secondary N) is 1. The molecule has 0 spiro atoms. The molecule has 2 nitrogen and oxygen atoms in total. The summed E-state index contributed by atoms with van der Waals surface area (Å²) in [7, 11) is 0. The van der Waals surface area contributed by atoms with Crippen molar-refractivity contribution in [3.63, 3.8) is 0 Å². The van der Waals surface area contributed by atoms with E-state index in [1.54, 1.807) is 0 Å². The Hall–Kier alpha value is -1.38. The molecule has 0 bridgehead atoms. The molecule has 0 heterocycles. The van der Waals surface area contributed by atoms with Crippen molar-refractivity contribution in [2.45, 2.75) is 33.2 Å². The van der Waals surface area contributed by atoms with E-state index in [1.807, 2.05) is 0 Å². The van der Waals surface area contributed by atoms with Crippen molar-refractivity contribution in [3.05, 3.63) is 48.0 Å². The molecule has 0 aliphatic rings. The zero-order chi connectivity index (χ0) is 15.1. The molecule has 2 heteroatoms. The first kappa shape index (κ1) is 16.0. The minimum absolute atomic E-state index is 0.432. The average Bonchev–Trinajstić information content (AvgIpc) is 2.54. The third-order valence-corrected chi connectivity index (χ3v) is 4.28. The molecule has 0 saturated carbocycles. The predicted octanol–water partition coefficient (Wildman–Crippen LogP) is 4.22. The van der Waals surface area contributed by atoms with Crippen LogP contribution in [0, 0.1) is 0 Å². The normalized spacial score (nSPS) is 13.0. The van der Waals surface area contributed by atoms with E-state index < -0.39 is 0 Å². The third kappa shape index (κ3) is 4.05. The standard InChI is InChI=1S/C19H28N2/c1-4-20-19(14-15-21(5-2)6-3)18-13-9-11-16-10-7-8-12-17(16)18/h7-13,19-20H,4-6,14-15H2,1-3H3. The first-order valence-corrected chi connectivity index (χ1v) is 8.23. The smallest absolute Gasteiger partial charge is 0.0338 e. The number of hydrogen-bond donors (Lipinski definition) is 1. The fourth-order valence-electron chi connectivity index (χ4n) is 3.02. The van der Waals surface area contributed by atoms with Crippen LogP contribution in [0.2, 0.25) is 0 Å². The lowest BCUT2D eigenvalue weighted by atomic mass is 9.96. The van der Waals surface area contributed by atoms with Gasteiger partial charge < -0.3 is 10.2 Å². The number of hydrogen-bond acceptors (Lipinski definition) is 2. The Labute approximate surface area is 129 Å². The molecule has 0 amide bonds. The van der Waals surface area contributed by atoms with E-state index in [9.17, 15) is 0 Å². The molecule has 0 fully saturated rings. The maximum Gasteiger partial charge on any atom is 0.0338 e. The molecule has 1 atom stereocenters. The summed E-state index contributed by atoms with van der Waals surface area (Å²) >= 11 is 0. The van der Waals surface area contributed by atoms with Crippen LogP contribution in [-0.4, -0.2) is 31.1 Å². The van der Waals surface area contributed by atoms with E-state index >= 15 is 0 Å². The third-order valence-electron chi connectivity index (χ3n) is 4.28. The van der Waals surface area contributed by atoms with Gasteiger partial charge in [0.2, 0.25) is 0 Å². The molecule has 2 rings (SSSR count). The second-order valence-electron chi connectivity index (χ2n) is 5.49. The van der Waals surface area contributed by atoms with Gasteiger partial charge in [0.25, 0.3) is 0 Å².